The molecule has 0 spiro atoms. The van der Waals surface area contributed by atoms with Crippen molar-refractivity contribution in [1.29, 1.82) is 0 Å². The maximum atomic E-state index is 13.9. The Morgan fingerprint density at radius 1 is 0.921 bits per heavy atom. The van der Waals surface area contributed by atoms with Gasteiger partial charge in [0.2, 0.25) is 11.8 Å². The molecule has 0 heterocycles. The maximum absolute atomic E-state index is 13.9. The van der Waals surface area contributed by atoms with E-state index in [-0.39, 0.29) is 17.3 Å². The van der Waals surface area contributed by atoms with Gasteiger partial charge in [-0.1, -0.05) is 41.9 Å². The van der Waals surface area contributed by atoms with E-state index in [1.54, 1.807) is 26.0 Å². The molecule has 3 aromatic rings. The number of amides is 2. The topological polar surface area (TPSA) is 86.8 Å². The molecule has 1 N–H and O–H groups in total. The van der Waals surface area contributed by atoms with Crippen molar-refractivity contribution in [3.05, 3.63) is 94.0 Å². The average molecular weight is 556 g/mol. The molecule has 0 saturated carbocycles. The third-order valence-corrected chi connectivity index (χ3v) is 8.62. The Morgan fingerprint density at radius 3 is 2.18 bits per heavy atom. The lowest BCUT2D eigenvalue weighted by molar-refractivity contribution is -0.139. The number of sulfonamides is 1. The molecule has 0 bridgehead atoms. The molecule has 9 heteroatoms. The number of likely N-dealkylation sites (N-methyl/N-ethyl adjacent to an activating group) is 1. The van der Waals surface area contributed by atoms with Gasteiger partial charge in [0.15, 0.2) is 0 Å². The molecule has 0 fully saturated rings. The van der Waals surface area contributed by atoms with E-state index in [1.165, 1.54) is 29.2 Å². The Hall–Kier alpha value is -3.36. The van der Waals surface area contributed by atoms with Crippen molar-refractivity contribution >= 4 is 39.1 Å². The molecule has 0 aliphatic rings. The van der Waals surface area contributed by atoms with Gasteiger partial charge in [-0.05, 0) is 93.3 Å². The fourth-order valence-electron chi connectivity index (χ4n) is 4.02. The Morgan fingerprint density at radius 2 is 1.58 bits per heavy atom. The summed E-state index contributed by atoms with van der Waals surface area (Å²) in [6.45, 7) is 9.29. The quantitative estimate of drug-likeness (QED) is 0.381. The summed E-state index contributed by atoms with van der Waals surface area (Å²) in [5.74, 6) is -0.810. The smallest absolute Gasteiger partial charge is 0.264 e. The molecule has 0 aliphatic carbocycles. The zero-order chi connectivity index (χ0) is 28.0. The van der Waals surface area contributed by atoms with Gasteiger partial charge in [0.1, 0.15) is 12.6 Å². The van der Waals surface area contributed by atoms with Crippen LogP contribution in [0.4, 0.5) is 5.69 Å². The lowest BCUT2D eigenvalue weighted by Crippen LogP contribution is -2.51. The number of hydrogen-bond acceptors (Lipinski definition) is 4. The average Bonchev–Trinajstić information content (AvgIpc) is 2.88. The Kier molecular flexibility index (Phi) is 9.57. The minimum absolute atomic E-state index is 0.00940. The maximum Gasteiger partial charge on any atom is 0.264 e. The highest BCUT2D eigenvalue weighted by Gasteiger charge is 2.32. The van der Waals surface area contributed by atoms with E-state index in [0.717, 1.165) is 26.6 Å². The van der Waals surface area contributed by atoms with Gasteiger partial charge in [0.25, 0.3) is 10.0 Å². The second-order valence-corrected chi connectivity index (χ2v) is 11.6. The summed E-state index contributed by atoms with van der Waals surface area (Å²) in [4.78, 5) is 28.1. The van der Waals surface area contributed by atoms with Gasteiger partial charge >= 0.3 is 0 Å². The molecule has 0 radical (unpaired) electrons. The van der Waals surface area contributed by atoms with Gasteiger partial charge in [0, 0.05) is 18.1 Å². The number of benzene rings is 3. The van der Waals surface area contributed by atoms with Crippen LogP contribution >= 0.6 is 11.6 Å². The van der Waals surface area contributed by atoms with E-state index in [2.05, 4.69) is 5.32 Å². The summed E-state index contributed by atoms with van der Waals surface area (Å²) in [6, 6.07) is 17.9. The zero-order valence-electron chi connectivity index (χ0n) is 22.4. The summed E-state index contributed by atoms with van der Waals surface area (Å²) >= 11 is 6.00. The van der Waals surface area contributed by atoms with Gasteiger partial charge in [-0.3, -0.25) is 13.9 Å². The molecular weight excluding hydrogens is 522 g/mol. The van der Waals surface area contributed by atoms with E-state index in [4.69, 9.17) is 11.6 Å². The number of nitrogens with zero attached hydrogens (tertiary/aromatic N) is 2. The first kappa shape index (κ1) is 29.2. The molecule has 202 valence electrons. The first-order valence-corrected chi connectivity index (χ1v) is 14.2. The molecular formula is C29H34ClN3O4S. The fourth-order valence-corrected chi connectivity index (χ4v) is 5.55. The molecule has 38 heavy (non-hydrogen) atoms. The van der Waals surface area contributed by atoms with Crippen LogP contribution in [-0.2, 0) is 26.2 Å². The van der Waals surface area contributed by atoms with Crippen LogP contribution < -0.4 is 9.62 Å². The number of halogens is 1. The molecule has 7 nitrogen and oxygen atoms in total. The van der Waals surface area contributed by atoms with Gasteiger partial charge in [-0.15, -0.1) is 0 Å². The SMILES string of the molecule is CCNC(=O)[C@H](C)N(Cc1ccccc1C)C(=O)CN(c1ccc(C)c(C)c1)S(=O)(=O)c1ccc(Cl)cc1. The number of rotatable bonds is 10. The minimum atomic E-state index is -4.14. The third kappa shape index (κ3) is 6.74. The van der Waals surface area contributed by atoms with Crippen molar-refractivity contribution in [2.45, 2.75) is 52.1 Å². The molecule has 0 saturated heterocycles. The van der Waals surface area contributed by atoms with Crippen LogP contribution in [0.25, 0.3) is 0 Å². The van der Waals surface area contributed by atoms with E-state index >= 15 is 0 Å². The highest BCUT2D eigenvalue weighted by molar-refractivity contribution is 7.92. The fraction of sp³-hybridized carbons (Fsp3) is 0.310. The van der Waals surface area contributed by atoms with E-state index in [1.807, 2.05) is 51.1 Å². The summed E-state index contributed by atoms with van der Waals surface area (Å²) in [6.07, 6.45) is 0. The molecule has 3 rings (SSSR count). The lowest BCUT2D eigenvalue weighted by Gasteiger charge is -2.32. The van der Waals surface area contributed by atoms with Crippen LogP contribution in [0.1, 0.15) is 36.1 Å². The molecule has 3 aromatic carbocycles. The monoisotopic (exact) mass is 555 g/mol. The van der Waals surface area contributed by atoms with Crippen molar-refractivity contribution in [3.8, 4) is 0 Å². The number of nitrogens with one attached hydrogen (secondary N) is 1. The standard InChI is InChI=1S/C29H34ClN3O4S/c1-6-31-29(35)23(5)32(18-24-10-8-7-9-21(24)3)28(34)19-33(26-14-11-20(2)22(4)17-26)38(36,37)27-15-12-25(30)13-16-27/h7-17,23H,6,18-19H2,1-5H3,(H,31,35)/t23-/m0/s1. The predicted molar refractivity (Wildman–Crippen MR) is 152 cm³/mol. The first-order valence-electron chi connectivity index (χ1n) is 12.4. The van der Waals surface area contributed by atoms with Crippen LogP contribution in [0.2, 0.25) is 5.02 Å². The number of carbonyl (C=O) groups is 2. The largest absolute Gasteiger partial charge is 0.355 e. The predicted octanol–water partition coefficient (Wildman–Crippen LogP) is 5.01. The third-order valence-electron chi connectivity index (χ3n) is 6.58. The minimum Gasteiger partial charge on any atom is -0.355 e. The number of aryl methyl sites for hydroxylation is 3. The lowest BCUT2D eigenvalue weighted by atomic mass is 10.1. The van der Waals surface area contributed by atoms with Crippen molar-refractivity contribution in [1.82, 2.24) is 10.2 Å². The van der Waals surface area contributed by atoms with Crippen molar-refractivity contribution < 1.29 is 18.0 Å². The van der Waals surface area contributed by atoms with Crippen molar-refractivity contribution in [2.75, 3.05) is 17.4 Å². The molecule has 0 aromatic heterocycles. The normalized spacial score (nSPS) is 12.1. The highest BCUT2D eigenvalue weighted by Crippen LogP contribution is 2.27. The zero-order valence-corrected chi connectivity index (χ0v) is 23.9. The van der Waals surface area contributed by atoms with E-state index in [0.29, 0.717) is 17.3 Å². The van der Waals surface area contributed by atoms with Crippen LogP contribution in [0, 0.1) is 20.8 Å². The van der Waals surface area contributed by atoms with Crippen LogP contribution in [0.3, 0.4) is 0 Å². The van der Waals surface area contributed by atoms with Crippen LogP contribution in [0.15, 0.2) is 71.6 Å². The van der Waals surface area contributed by atoms with Crippen LogP contribution in [0.5, 0.6) is 0 Å². The number of anilines is 1. The molecule has 0 unspecified atom stereocenters. The summed E-state index contributed by atoms with van der Waals surface area (Å²) in [7, 11) is -4.14. The van der Waals surface area contributed by atoms with Gasteiger partial charge < -0.3 is 10.2 Å². The Balaban J connectivity index is 2.07. The molecule has 0 aliphatic heterocycles. The van der Waals surface area contributed by atoms with Crippen molar-refractivity contribution in [3.63, 3.8) is 0 Å². The van der Waals surface area contributed by atoms with E-state index in [9.17, 15) is 18.0 Å². The molecule has 2 amide bonds. The number of carbonyl (C=O) groups excluding carboxylic acids is 2. The summed E-state index contributed by atoms with van der Waals surface area (Å²) in [5, 5.41) is 3.16. The van der Waals surface area contributed by atoms with E-state index < -0.39 is 28.5 Å². The van der Waals surface area contributed by atoms with Gasteiger partial charge in [-0.25, -0.2) is 8.42 Å². The summed E-state index contributed by atoms with van der Waals surface area (Å²) in [5.41, 5.74) is 4.08. The van der Waals surface area contributed by atoms with Gasteiger partial charge in [-0.2, -0.15) is 0 Å². The highest BCUT2D eigenvalue weighted by atomic mass is 35.5. The summed E-state index contributed by atoms with van der Waals surface area (Å²) < 4.78 is 28.8. The van der Waals surface area contributed by atoms with Gasteiger partial charge in [0.05, 0.1) is 10.6 Å². The first-order chi connectivity index (χ1) is 17.9. The second-order valence-electron chi connectivity index (χ2n) is 9.25. The second kappa shape index (κ2) is 12.5. The molecule has 1 atom stereocenters. The number of hydrogen-bond donors (Lipinski definition) is 1. The van der Waals surface area contributed by atoms with Crippen LogP contribution in [-0.4, -0.2) is 44.3 Å². The Labute approximate surface area is 230 Å². The van der Waals surface area contributed by atoms with Crippen molar-refractivity contribution in [2.24, 2.45) is 0 Å². The Bertz CT molecular complexity index is 1410.